The van der Waals surface area contributed by atoms with E-state index in [0.717, 1.165) is 25.0 Å². The van der Waals surface area contributed by atoms with Crippen molar-refractivity contribution in [2.75, 3.05) is 20.2 Å². The molecule has 0 aliphatic rings. The van der Waals surface area contributed by atoms with Crippen LogP contribution >= 0.6 is 0 Å². The van der Waals surface area contributed by atoms with Gasteiger partial charge in [0.2, 0.25) is 5.91 Å². The van der Waals surface area contributed by atoms with Crippen molar-refractivity contribution >= 4 is 11.8 Å². The molecule has 0 spiro atoms. The molecule has 0 saturated carbocycles. The van der Waals surface area contributed by atoms with Gasteiger partial charge in [-0.2, -0.15) is 0 Å². The molecule has 0 N–H and O–H groups in total. The molecule has 2 amide bonds. The van der Waals surface area contributed by atoms with E-state index in [1.54, 1.807) is 30.2 Å². The summed E-state index contributed by atoms with van der Waals surface area (Å²) in [6, 6.07) is 11.1. The largest absolute Gasteiger partial charge is 0.497 e. The molecule has 1 aromatic carbocycles. The quantitative estimate of drug-likeness (QED) is 0.557. The molecule has 30 heavy (non-hydrogen) atoms. The summed E-state index contributed by atoms with van der Waals surface area (Å²) in [5, 5.41) is 0. The van der Waals surface area contributed by atoms with Gasteiger partial charge in [0.1, 0.15) is 12.3 Å². The molecule has 0 saturated heterocycles. The lowest BCUT2D eigenvalue weighted by Gasteiger charge is -2.31. The predicted molar refractivity (Wildman–Crippen MR) is 120 cm³/mol. The fraction of sp³-hybridized carbons (Fsp3) is 0.500. The topological polar surface area (TPSA) is 54.8 Å². The average molecular weight is 414 g/mol. The van der Waals surface area contributed by atoms with E-state index < -0.39 is 0 Å². The van der Waals surface area contributed by atoms with Crippen LogP contribution in [0.5, 0.6) is 5.75 Å². The molecule has 2 aromatic rings. The Morgan fingerprint density at radius 1 is 1.17 bits per heavy atom. The number of aryl methyl sites for hydroxylation is 1. The van der Waals surface area contributed by atoms with E-state index in [4.69, 9.17) is 4.74 Å². The van der Waals surface area contributed by atoms with Crippen LogP contribution in [0.1, 0.15) is 56.1 Å². The van der Waals surface area contributed by atoms with Gasteiger partial charge in [0.25, 0.3) is 5.91 Å². The molecule has 2 rings (SSSR count). The average Bonchev–Trinajstić information content (AvgIpc) is 3.17. The van der Waals surface area contributed by atoms with Gasteiger partial charge in [0.05, 0.1) is 13.7 Å². The molecule has 0 radical (unpaired) electrons. The minimum absolute atomic E-state index is 0.0267. The number of hydrogen-bond acceptors (Lipinski definition) is 3. The number of benzene rings is 1. The van der Waals surface area contributed by atoms with E-state index >= 15 is 0 Å². The van der Waals surface area contributed by atoms with Crippen LogP contribution < -0.4 is 4.74 Å². The molecule has 164 valence electrons. The minimum Gasteiger partial charge on any atom is -0.497 e. The predicted octanol–water partition coefficient (Wildman–Crippen LogP) is 4.10. The Kier molecular flexibility index (Phi) is 8.96. The lowest BCUT2D eigenvalue weighted by molar-refractivity contribution is -0.133. The molecule has 6 nitrogen and oxygen atoms in total. The summed E-state index contributed by atoms with van der Waals surface area (Å²) in [6.45, 7) is 7.42. The number of unbranched alkanes of at least 4 members (excludes halogenated alkanes) is 1. The second-order valence-electron chi connectivity index (χ2n) is 7.70. The van der Waals surface area contributed by atoms with E-state index in [1.807, 2.05) is 54.8 Å². The number of carbonyl (C=O) groups is 2. The third kappa shape index (κ3) is 6.12. The van der Waals surface area contributed by atoms with Gasteiger partial charge in [0.15, 0.2) is 0 Å². The van der Waals surface area contributed by atoms with Gasteiger partial charge in [-0.1, -0.05) is 26.3 Å². The van der Waals surface area contributed by atoms with E-state index in [9.17, 15) is 9.59 Å². The first kappa shape index (κ1) is 23.5. The van der Waals surface area contributed by atoms with Crippen LogP contribution in [-0.2, 0) is 18.4 Å². The van der Waals surface area contributed by atoms with Crippen molar-refractivity contribution in [2.45, 2.75) is 52.6 Å². The number of methoxy groups -OCH3 is 1. The summed E-state index contributed by atoms with van der Waals surface area (Å²) in [5.74, 6) is 0.455. The third-order valence-corrected chi connectivity index (χ3v) is 5.54. The van der Waals surface area contributed by atoms with E-state index in [-0.39, 0.29) is 24.4 Å². The van der Waals surface area contributed by atoms with Crippen LogP contribution in [0.2, 0.25) is 0 Å². The number of aromatic nitrogens is 1. The maximum atomic E-state index is 13.3. The third-order valence-electron chi connectivity index (χ3n) is 5.54. The zero-order valence-electron chi connectivity index (χ0n) is 18.9. The first-order valence-corrected chi connectivity index (χ1v) is 10.7. The Morgan fingerprint density at radius 2 is 1.93 bits per heavy atom. The number of hydrogen-bond donors (Lipinski definition) is 0. The zero-order chi connectivity index (χ0) is 22.1. The normalized spacial score (nSPS) is 11.8. The zero-order valence-corrected chi connectivity index (χ0v) is 18.9. The van der Waals surface area contributed by atoms with Gasteiger partial charge in [-0.25, -0.2) is 0 Å². The number of ether oxygens (including phenoxy) is 1. The van der Waals surface area contributed by atoms with Crippen molar-refractivity contribution in [3.63, 3.8) is 0 Å². The fourth-order valence-corrected chi connectivity index (χ4v) is 3.31. The van der Waals surface area contributed by atoms with E-state index in [2.05, 4.69) is 6.92 Å². The monoisotopic (exact) mass is 413 g/mol. The first-order chi connectivity index (χ1) is 14.4. The van der Waals surface area contributed by atoms with Crippen LogP contribution in [0.3, 0.4) is 0 Å². The van der Waals surface area contributed by atoms with Crippen molar-refractivity contribution in [1.29, 1.82) is 0 Å². The Morgan fingerprint density at radius 3 is 2.53 bits per heavy atom. The van der Waals surface area contributed by atoms with Crippen LogP contribution in [0.15, 0.2) is 42.6 Å². The van der Waals surface area contributed by atoms with E-state index in [0.29, 0.717) is 24.4 Å². The second kappa shape index (κ2) is 11.4. The molecule has 6 heteroatoms. The summed E-state index contributed by atoms with van der Waals surface area (Å²) >= 11 is 0. The van der Waals surface area contributed by atoms with Gasteiger partial charge >= 0.3 is 0 Å². The number of amides is 2. The molecule has 1 heterocycles. The smallest absolute Gasteiger partial charge is 0.254 e. The van der Waals surface area contributed by atoms with Crippen molar-refractivity contribution < 1.29 is 14.3 Å². The molecule has 0 bridgehead atoms. The highest BCUT2D eigenvalue weighted by atomic mass is 16.5. The number of carbonyl (C=O) groups excluding carboxylic acids is 2. The fourth-order valence-electron chi connectivity index (χ4n) is 3.31. The maximum absolute atomic E-state index is 13.3. The highest BCUT2D eigenvalue weighted by Gasteiger charge is 2.26. The van der Waals surface area contributed by atoms with Gasteiger partial charge in [-0.3, -0.25) is 9.59 Å². The lowest BCUT2D eigenvalue weighted by atomic mass is 10.1. The van der Waals surface area contributed by atoms with Gasteiger partial charge in [0, 0.05) is 37.1 Å². The second-order valence-corrected chi connectivity index (χ2v) is 7.70. The molecule has 1 unspecified atom stereocenters. The summed E-state index contributed by atoms with van der Waals surface area (Å²) in [7, 11) is 3.56. The Bertz CT molecular complexity index is 831. The Labute approximate surface area is 180 Å². The SMILES string of the molecule is CCCCN(Cc1cccn1C)C(=O)CN(C(=O)c1cccc(OC)c1)C(C)CC. The van der Waals surface area contributed by atoms with Gasteiger partial charge in [-0.15, -0.1) is 0 Å². The molecular weight excluding hydrogens is 378 g/mol. The van der Waals surface area contributed by atoms with Crippen molar-refractivity contribution in [1.82, 2.24) is 14.4 Å². The molecule has 0 aliphatic carbocycles. The van der Waals surface area contributed by atoms with Gasteiger partial charge in [-0.05, 0) is 50.1 Å². The summed E-state index contributed by atoms with van der Waals surface area (Å²) in [4.78, 5) is 30.1. The molecule has 1 aromatic heterocycles. The number of rotatable bonds is 11. The highest BCUT2D eigenvalue weighted by Crippen LogP contribution is 2.17. The van der Waals surface area contributed by atoms with E-state index in [1.165, 1.54) is 0 Å². The molecule has 0 fully saturated rings. The molecule has 0 aliphatic heterocycles. The minimum atomic E-state index is -0.147. The Hall–Kier alpha value is -2.76. The van der Waals surface area contributed by atoms with Crippen LogP contribution in [0.4, 0.5) is 0 Å². The van der Waals surface area contributed by atoms with Crippen LogP contribution in [0.25, 0.3) is 0 Å². The maximum Gasteiger partial charge on any atom is 0.254 e. The highest BCUT2D eigenvalue weighted by molar-refractivity contribution is 5.97. The molecular formula is C24H35N3O3. The van der Waals surface area contributed by atoms with Gasteiger partial charge < -0.3 is 19.1 Å². The summed E-state index contributed by atoms with van der Waals surface area (Å²) in [5.41, 5.74) is 1.61. The molecule has 1 atom stereocenters. The number of nitrogens with zero attached hydrogens (tertiary/aromatic N) is 3. The van der Waals surface area contributed by atoms with Crippen LogP contribution in [-0.4, -0.2) is 52.4 Å². The lowest BCUT2D eigenvalue weighted by Crippen LogP contribution is -2.46. The van der Waals surface area contributed by atoms with Crippen molar-refractivity contribution in [3.05, 3.63) is 53.9 Å². The summed E-state index contributed by atoms with van der Waals surface area (Å²) in [6.07, 6.45) is 4.70. The summed E-state index contributed by atoms with van der Waals surface area (Å²) < 4.78 is 7.28. The first-order valence-electron chi connectivity index (χ1n) is 10.7. The van der Waals surface area contributed by atoms with Crippen LogP contribution in [0, 0.1) is 0 Å². The Balaban J connectivity index is 2.22. The standard InChI is InChI=1S/C24H35N3O3/c1-6-8-15-26(17-21-12-10-14-25(21)4)23(28)18-27(19(3)7-2)24(29)20-11-9-13-22(16-20)30-5/h9-14,16,19H,6-8,15,17-18H2,1-5H3. The van der Waals surface area contributed by atoms with Crippen molar-refractivity contribution in [3.8, 4) is 5.75 Å². The van der Waals surface area contributed by atoms with Crippen molar-refractivity contribution in [2.24, 2.45) is 7.05 Å².